The first-order chi connectivity index (χ1) is 7.20. The summed E-state index contributed by atoms with van der Waals surface area (Å²) in [4.78, 5) is 11.5. The topological polar surface area (TPSA) is 38.3 Å². The molecule has 3 nitrogen and oxygen atoms in total. The maximum atomic E-state index is 11.5. The summed E-state index contributed by atoms with van der Waals surface area (Å²) >= 11 is 3.34. The second kappa shape index (κ2) is 4.23. The summed E-state index contributed by atoms with van der Waals surface area (Å²) in [6.07, 6.45) is 2.58. The number of ether oxygens (including phenoxy) is 1. The van der Waals surface area contributed by atoms with Crippen LogP contribution in [0.5, 0.6) is 5.75 Å². The van der Waals surface area contributed by atoms with E-state index in [0.29, 0.717) is 11.7 Å². The zero-order valence-corrected chi connectivity index (χ0v) is 10.0. The highest BCUT2D eigenvalue weighted by molar-refractivity contribution is 9.10. The van der Waals surface area contributed by atoms with E-state index >= 15 is 0 Å². The number of amides is 1. The maximum Gasteiger partial charge on any atom is 0.252 e. The highest BCUT2D eigenvalue weighted by Crippen LogP contribution is 2.29. The molecule has 0 aliphatic heterocycles. The molecule has 0 spiro atoms. The summed E-state index contributed by atoms with van der Waals surface area (Å²) in [7, 11) is 1.61. The van der Waals surface area contributed by atoms with E-state index in [-0.39, 0.29) is 5.91 Å². The molecule has 2 rings (SSSR count). The zero-order valence-electron chi connectivity index (χ0n) is 8.42. The van der Waals surface area contributed by atoms with Gasteiger partial charge in [-0.2, -0.15) is 0 Å². The first-order valence-electron chi connectivity index (χ1n) is 4.89. The van der Waals surface area contributed by atoms with Crippen molar-refractivity contribution >= 4 is 21.8 Å². The van der Waals surface area contributed by atoms with Gasteiger partial charge in [-0.25, -0.2) is 0 Å². The van der Waals surface area contributed by atoms with Crippen LogP contribution in [0.3, 0.4) is 0 Å². The molecule has 15 heavy (non-hydrogen) atoms. The van der Waals surface area contributed by atoms with Crippen molar-refractivity contribution in [3.63, 3.8) is 0 Å². The minimum Gasteiger partial charge on any atom is -0.490 e. The molecule has 0 bridgehead atoms. The Labute approximate surface area is 96.9 Å². The van der Waals surface area contributed by atoms with Gasteiger partial charge >= 0.3 is 0 Å². The summed E-state index contributed by atoms with van der Waals surface area (Å²) in [5.74, 6) is 0.655. The number of halogens is 1. The molecule has 1 aromatic carbocycles. The summed E-state index contributed by atoms with van der Waals surface area (Å²) in [5.41, 5.74) is 0.607. The molecular formula is C11H12BrNO2. The van der Waals surface area contributed by atoms with Crippen LogP contribution in [0.4, 0.5) is 0 Å². The third-order valence-electron chi connectivity index (χ3n) is 2.24. The van der Waals surface area contributed by atoms with Crippen LogP contribution in [0.15, 0.2) is 22.7 Å². The normalized spacial score (nSPS) is 14.8. The predicted molar refractivity (Wildman–Crippen MR) is 61.2 cm³/mol. The van der Waals surface area contributed by atoms with Crippen LogP contribution in [0.1, 0.15) is 23.2 Å². The van der Waals surface area contributed by atoms with Crippen LogP contribution in [0.2, 0.25) is 0 Å². The smallest absolute Gasteiger partial charge is 0.252 e. The van der Waals surface area contributed by atoms with Crippen molar-refractivity contribution in [3.8, 4) is 5.75 Å². The molecule has 4 heteroatoms. The van der Waals surface area contributed by atoms with E-state index in [1.807, 2.05) is 12.1 Å². The standard InChI is InChI=1S/C11H12BrNO2/c1-13-11(14)9-6-8(4-5-10(9)12)15-7-2-3-7/h4-7H,2-3H2,1H3,(H,13,14). The molecule has 0 saturated heterocycles. The molecule has 1 saturated carbocycles. The van der Waals surface area contributed by atoms with Gasteiger partial charge in [0.1, 0.15) is 5.75 Å². The van der Waals surface area contributed by atoms with Crippen molar-refractivity contribution in [2.24, 2.45) is 0 Å². The lowest BCUT2D eigenvalue weighted by Gasteiger charge is -2.07. The highest BCUT2D eigenvalue weighted by Gasteiger charge is 2.24. The van der Waals surface area contributed by atoms with Crippen molar-refractivity contribution in [1.29, 1.82) is 0 Å². The Morgan fingerprint density at radius 3 is 2.87 bits per heavy atom. The fraction of sp³-hybridized carbons (Fsp3) is 0.364. The number of rotatable bonds is 3. The summed E-state index contributed by atoms with van der Waals surface area (Å²) in [5, 5.41) is 2.59. The number of carbonyl (C=O) groups excluding carboxylic acids is 1. The first-order valence-corrected chi connectivity index (χ1v) is 5.68. The van der Waals surface area contributed by atoms with Crippen LogP contribution >= 0.6 is 15.9 Å². The molecule has 0 unspecified atom stereocenters. The van der Waals surface area contributed by atoms with Gasteiger partial charge in [0.05, 0.1) is 11.7 Å². The van der Waals surface area contributed by atoms with Crippen molar-refractivity contribution in [2.45, 2.75) is 18.9 Å². The zero-order chi connectivity index (χ0) is 10.8. The number of hydrogen-bond donors (Lipinski definition) is 1. The fourth-order valence-corrected chi connectivity index (χ4v) is 1.69. The number of hydrogen-bond acceptors (Lipinski definition) is 2. The number of carbonyl (C=O) groups is 1. The summed E-state index contributed by atoms with van der Waals surface area (Å²) in [6, 6.07) is 5.47. The van der Waals surface area contributed by atoms with Gasteiger partial charge in [0.25, 0.3) is 5.91 Å². The van der Waals surface area contributed by atoms with Crippen molar-refractivity contribution in [2.75, 3.05) is 7.05 Å². The van der Waals surface area contributed by atoms with E-state index in [4.69, 9.17) is 4.74 Å². The molecule has 0 radical (unpaired) electrons. The minimum atomic E-state index is -0.108. The molecule has 0 aromatic heterocycles. The lowest BCUT2D eigenvalue weighted by Crippen LogP contribution is -2.18. The second-order valence-electron chi connectivity index (χ2n) is 3.54. The van der Waals surface area contributed by atoms with Crippen LogP contribution in [-0.4, -0.2) is 19.1 Å². The average molecular weight is 270 g/mol. The third kappa shape index (κ3) is 2.50. The van der Waals surface area contributed by atoms with E-state index < -0.39 is 0 Å². The second-order valence-corrected chi connectivity index (χ2v) is 4.39. The van der Waals surface area contributed by atoms with E-state index in [0.717, 1.165) is 23.1 Å². The molecule has 1 amide bonds. The molecule has 1 fully saturated rings. The SMILES string of the molecule is CNC(=O)c1cc(OC2CC2)ccc1Br. The van der Waals surface area contributed by atoms with Crippen LogP contribution in [0, 0.1) is 0 Å². The average Bonchev–Trinajstić information content (AvgIpc) is 3.04. The van der Waals surface area contributed by atoms with Gasteiger partial charge in [0.2, 0.25) is 0 Å². The van der Waals surface area contributed by atoms with Crippen LogP contribution in [-0.2, 0) is 0 Å². The van der Waals surface area contributed by atoms with Gasteiger partial charge in [-0.15, -0.1) is 0 Å². The fourth-order valence-electron chi connectivity index (χ4n) is 1.26. The monoisotopic (exact) mass is 269 g/mol. The Balaban J connectivity index is 2.22. The Morgan fingerprint density at radius 2 is 2.27 bits per heavy atom. The Kier molecular flexibility index (Phi) is 2.95. The minimum absolute atomic E-state index is 0.108. The Hall–Kier alpha value is -1.03. The van der Waals surface area contributed by atoms with Gasteiger partial charge in [0.15, 0.2) is 0 Å². The Morgan fingerprint density at radius 1 is 1.53 bits per heavy atom. The molecular weight excluding hydrogens is 258 g/mol. The number of nitrogens with one attached hydrogen (secondary N) is 1. The molecule has 0 atom stereocenters. The number of benzene rings is 1. The van der Waals surface area contributed by atoms with E-state index in [2.05, 4.69) is 21.2 Å². The quantitative estimate of drug-likeness (QED) is 0.915. The van der Waals surface area contributed by atoms with Crippen molar-refractivity contribution in [1.82, 2.24) is 5.32 Å². The summed E-state index contributed by atoms with van der Waals surface area (Å²) < 4.78 is 6.40. The van der Waals surface area contributed by atoms with Gasteiger partial charge in [0, 0.05) is 11.5 Å². The lowest BCUT2D eigenvalue weighted by molar-refractivity contribution is 0.0962. The van der Waals surface area contributed by atoms with Crippen LogP contribution in [0.25, 0.3) is 0 Å². The molecule has 0 heterocycles. The van der Waals surface area contributed by atoms with Gasteiger partial charge in [-0.05, 0) is 47.0 Å². The van der Waals surface area contributed by atoms with Gasteiger partial charge < -0.3 is 10.1 Å². The molecule has 80 valence electrons. The summed E-state index contributed by atoms with van der Waals surface area (Å²) in [6.45, 7) is 0. The van der Waals surface area contributed by atoms with Crippen molar-refractivity contribution < 1.29 is 9.53 Å². The molecule has 1 aliphatic rings. The first kappa shape index (κ1) is 10.5. The largest absolute Gasteiger partial charge is 0.490 e. The molecule has 1 aliphatic carbocycles. The van der Waals surface area contributed by atoms with Gasteiger partial charge in [-0.1, -0.05) is 0 Å². The highest BCUT2D eigenvalue weighted by atomic mass is 79.9. The Bertz CT molecular complexity index is 388. The van der Waals surface area contributed by atoms with Crippen LogP contribution < -0.4 is 10.1 Å². The maximum absolute atomic E-state index is 11.5. The molecule has 1 N–H and O–H groups in total. The predicted octanol–water partition coefficient (Wildman–Crippen LogP) is 2.35. The van der Waals surface area contributed by atoms with Crippen molar-refractivity contribution in [3.05, 3.63) is 28.2 Å². The van der Waals surface area contributed by atoms with E-state index in [9.17, 15) is 4.79 Å². The third-order valence-corrected chi connectivity index (χ3v) is 2.93. The van der Waals surface area contributed by atoms with Gasteiger partial charge in [-0.3, -0.25) is 4.79 Å². The van der Waals surface area contributed by atoms with E-state index in [1.165, 1.54) is 0 Å². The lowest BCUT2D eigenvalue weighted by atomic mass is 10.2. The molecule has 1 aromatic rings. The van der Waals surface area contributed by atoms with E-state index in [1.54, 1.807) is 13.1 Å².